The summed E-state index contributed by atoms with van der Waals surface area (Å²) in [5.41, 5.74) is 4.17. The van der Waals surface area contributed by atoms with Crippen LogP contribution in [0, 0.1) is 12.7 Å². The van der Waals surface area contributed by atoms with E-state index < -0.39 is 0 Å². The number of benzene rings is 1. The van der Waals surface area contributed by atoms with E-state index in [1.165, 1.54) is 23.4 Å². The zero-order chi connectivity index (χ0) is 18.8. The summed E-state index contributed by atoms with van der Waals surface area (Å²) in [4.78, 5) is 13.8. The van der Waals surface area contributed by atoms with Gasteiger partial charge in [-0.15, -0.1) is 0 Å². The molecule has 3 aromatic rings. The number of aromatic nitrogens is 4. The minimum absolute atomic E-state index is 0.247. The first-order chi connectivity index (χ1) is 13.1. The van der Waals surface area contributed by atoms with Gasteiger partial charge < -0.3 is 4.90 Å². The quantitative estimate of drug-likeness (QED) is 0.711. The summed E-state index contributed by atoms with van der Waals surface area (Å²) in [7, 11) is 1.97. The molecule has 0 N–H and O–H groups in total. The summed E-state index contributed by atoms with van der Waals surface area (Å²) in [5, 5.41) is 4.33. The second kappa shape index (κ2) is 7.44. The van der Waals surface area contributed by atoms with Crippen LogP contribution in [0.15, 0.2) is 42.9 Å². The second-order valence-corrected chi connectivity index (χ2v) is 6.88. The van der Waals surface area contributed by atoms with Crippen LogP contribution in [-0.4, -0.2) is 50.8 Å². The normalized spacial score (nSPS) is 15.3. The van der Waals surface area contributed by atoms with Crippen LogP contribution < -0.4 is 4.90 Å². The summed E-state index contributed by atoms with van der Waals surface area (Å²) < 4.78 is 15.2. The molecule has 0 amide bonds. The highest BCUT2D eigenvalue weighted by atomic mass is 19.1. The van der Waals surface area contributed by atoms with Crippen LogP contribution in [0.3, 0.4) is 0 Å². The molecule has 140 valence electrons. The Morgan fingerprint density at radius 2 is 1.70 bits per heavy atom. The molecule has 27 heavy (non-hydrogen) atoms. The van der Waals surface area contributed by atoms with Crippen molar-refractivity contribution < 1.29 is 4.39 Å². The SMILES string of the molecule is Cc1c(CN2CCN(c3nccnc3-c3ccc(F)cc3)CC2)cnn1C. The molecular formula is C20H23FN6. The predicted octanol–water partition coefficient (Wildman–Crippen LogP) is 2.65. The second-order valence-electron chi connectivity index (χ2n) is 6.88. The standard InChI is InChI=1S/C20H23FN6/c1-15-17(13-24-25(15)2)14-26-9-11-27(12-10-26)20-19(22-7-8-23-20)16-3-5-18(21)6-4-16/h3-8,13H,9-12,14H2,1-2H3. The van der Waals surface area contributed by atoms with Gasteiger partial charge in [0, 0.05) is 69.0 Å². The van der Waals surface area contributed by atoms with E-state index in [1.54, 1.807) is 24.5 Å². The van der Waals surface area contributed by atoms with E-state index in [9.17, 15) is 4.39 Å². The molecule has 0 spiro atoms. The first-order valence-electron chi connectivity index (χ1n) is 9.13. The molecule has 0 aliphatic carbocycles. The number of hydrogen-bond acceptors (Lipinski definition) is 5. The molecule has 4 rings (SSSR count). The lowest BCUT2D eigenvalue weighted by molar-refractivity contribution is 0.249. The molecule has 0 bridgehead atoms. The zero-order valence-electron chi connectivity index (χ0n) is 15.6. The minimum Gasteiger partial charge on any atom is -0.352 e. The van der Waals surface area contributed by atoms with Gasteiger partial charge >= 0.3 is 0 Å². The van der Waals surface area contributed by atoms with Crippen molar-refractivity contribution in [3.8, 4) is 11.3 Å². The Morgan fingerprint density at radius 3 is 2.37 bits per heavy atom. The van der Waals surface area contributed by atoms with Gasteiger partial charge in [0.15, 0.2) is 5.82 Å². The van der Waals surface area contributed by atoms with Gasteiger partial charge in [0.1, 0.15) is 11.5 Å². The number of hydrogen-bond donors (Lipinski definition) is 0. The Bertz CT molecular complexity index is 912. The van der Waals surface area contributed by atoms with Gasteiger partial charge in [-0.25, -0.2) is 9.37 Å². The fourth-order valence-corrected chi connectivity index (χ4v) is 3.43. The van der Waals surface area contributed by atoms with E-state index in [0.717, 1.165) is 49.8 Å². The van der Waals surface area contributed by atoms with Gasteiger partial charge in [-0.1, -0.05) is 0 Å². The minimum atomic E-state index is -0.247. The lowest BCUT2D eigenvalue weighted by atomic mass is 10.1. The molecule has 1 aliphatic heterocycles. The summed E-state index contributed by atoms with van der Waals surface area (Å²) in [6, 6.07) is 6.43. The number of halogens is 1. The van der Waals surface area contributed by atoms with Crippen molar-refractivity contribution in [3.63, 3.8) is 0 Å². The maximum Gasteiger partial charge on any atom is 0.155 e. The number of piperazine rings is 1. The summed E-state index contributed by atoms with van der Waals surface area (Å²) in [5.74, 6) is 0.616. The number of rotatable bonds is 4. The van der Waals surface area contributed by atoms with E-state index in [4.69, 9.17) is 0 Å². The zero-order valence-corrected chi connectivity index (χ0v) is 15.6. The lowest BCUT2D eigenvalue weighted by Gasteiger charge is -2.35. The number of nitrogens with zero attached hydrogens (tertiary/aromatic N) is 6. The molecule has 1 fully saturated rings. The van der Waals surface area contributed by atoms with E-state index in [-0.39, 0.29) is 5.82 Å². The topological polar surface area (TPSA) is 50.1 Å². The van der Waals surface area contributed by atoms with Crippen LogP contribution in [0.25, 0.3) is 11.3 Å². The van der Waals surface area contributed by atoms with Crippen molar-refractivity contribution in [1.29, 1.82) is 0 Å². The Balaban J connectivity index is 1.47. The van der Waals surface area contributed by atoms with Crippen LogP contribution >= 0.6 is 0 Å². The maximum atomic E-state index is 13.3. The van der Waals surface area contributed by atoms with E-state index in [1.807, 2.05) is 17.9 Å². The molecule has 1 saturated heterocycles. The van der Waals surface area contributed by atoms with Crippen LogP contribution in [0.4, 0.5) is 10.2 Å². The fraction of sp³-hybridized carbons (Fsp3) is 0.350. The third-order valence-corrected chi connectivity index (χ3v) is 5.20. The van der Waals surface area contributed by atoms with Crippen LogP contribution in [0.2, 0.25) is 0 Å². The molecule has 7 heteroatoms. The fourth-order valence-electron chi connectivity index (χ4n) is 3.43. The average molecular weight is 366 g/mol. The van der Waals surface area contributed by atoms with Gasteiger partial charge in [-0.2, -0.15) is 5.10 Å². The molecule has 0 unspecified atom stereocenters. The Morgan fingerprint density at radius 1 is 1.00 bits per heavy atom. The molecule has 0 radical (unpaired) electrons. The third kappa shape index (κ3) is 3.68. The van der Waals surface area contributed by atoms with Gasteiger partial charge in [-0.3, -0.25) is 14.6 Å². The molecule has 3 heterocycles. The van der Waals surface area contributed by atoms with E-state index in [2.05, 4.69) is 31.8 Å². The first-order valence-corrected chi connectivity index (χ1v) is 9.13. The van der Waals surface area contributed by atoms with Crippen LogP contribution in [-0.2, 0) is 13.6 Å². The molecule has 6 nitrogen and oxygen atoms in total. The molecular weight excluding hydrogens is 343 g/mol. The van der Waals surface area contributed by atoms with Crippen molar-refractivity contribution in [2.75, 3.05) is 31.1 Å². The third-order valence-electron chi connectivity index (χ3n) is 5.20. The summed E-state index contributed by atoms with van der Waals surface area (Å²) >= 11 is 0. The molecule has 1 aromatic carbocycles. The number of anilines is 1. The summed E-state index contributed by atoms with van der Waals surface area (Å²) in [6.45, 7) is 6.69. The van der Waals surface area contributed by atoms with Crippen LogP contribution in [0.1, 0.15) is 11.3 Å². The van der Waals surface area contributed by atoms with Crippen LogP contribution in [0.5, 0.6) is 0 Å². The van der Waals surface area contributed by atoms with Gasteiger partial charge in [0.25, 0.3) is 0 Å². The van der Waals surface area contributed by atoms with Crippen molar-refractivity contribution in [2.45, 2.75) is 13.5 Å². The highest BCUT2D eigenvalue weighted by Crippen LogP contribution is 2.27. The Labute approximate surface area is 158 Å². The van der Waals surface area contributed by atoms with E-state index in [0.29, 0.717) is 0 Å². The van der Waals surface area contributed by atoms with Gasteiger partial charge in [-0.05, 0) is 31.2 Å². The molecule has 1 aliphatic rings. The first kappa shape index (κ1) is 17.6. The molecule has 0 atom stereocenters. The van der Waals surface area contributed by atoms with Crippen molar-refractivity contribution in [1.82, 2.24) is 24.6 Å². The average Bonchev–Trinajstić information content (AvgIpc) is 3.01. The molecule has 0 saturated carbocycles. The van der Waals surface area contributed by atoms with E-state index >= 15 is 0 Å². The predicted molar refractivity (Wildman–Crippen MR) is 103 cm³/mol. The largest absolute Gasteiger partial charge is 0.352 e. The smallest absolute Gasteiger partial charge is 0.155 e. The van der Waals surface area contributed by atoms with Crippen molar-refractivity contribution >= 4 is 5.82 Å². The van der Waals surface area contributed by atoms with Crippen molar-refractivity contribution in [3.05, 3.63) is 59.9 Å². The summed E-state index contributed by atoms with van der Waals surface area (Å²) in [6.07, 6.45) is 5.36. The van der Waals surface area contributed by atoms with Gasteiger partial charge in [0.2, 0.25) is 0 Å². The Hall–Kier alpha value is -2.80. The van der Waals surface area contributed by atoms with Crippen molar-refractivity contribution in [2.24, 2.45) is 7.05 Å². The number of aryl methyl sites for hydroxylation is 1. The lowest BCUT2D eigenvalue weighted by Crippen LogP contribution is -2.46. The highest BCUT2D eigenvalue weighted by Gasteiger charge is 2.22. The van der Waals surface area contributed by atoms with Gasteiger partial charge in [0.05, 0.1) is 6.20 Å². The Kier molecular flexibility index (Phi) is 4.85. The maximum absolute atomic E-state index is 13.3. The highest BCUT2D eigenvalue weighted by molar-refractivity contribution is 5.72. The molecule has 2 aromatic heterocycles. The monoisotopic (exact) mass is 366 g/mol.